The van der Waals surface area contributed by atoms with Gasteiger partial charge >= 0.3 is 6.18 Å². The lowest BCUT2D eigenvalue weighted by Gasteiger charge is -2.36. The van der Waals surface area contributed by atoms with Crippen molar-refractivity contribution in [2.45, 2.75) is 49.9 Å². The van der Waals surface area contributed by atoms with E-state index in [1.165, 1.54) is 12.1 Å². The van der Waals surface area contributed by atoms with Crippen LogP contribution in [0.3, 0.4) is 0 Å². The van der Waals surface area contributed by atoms with Gasteiger partial charge in [-0.2, -0.15) is 23.1 Å². The lowest BCUT2D eigenvalue weighted by molar-refractivity contribution is -0.137. The number of rotatable bonds is 7. The molecule has 36 heavy (non-hydrogen) atoms. The van der Waals surface area contributed by atoms with E-state index >= 15 is 0 Å². The molecule has 0 bridgehead atoms. The third-order valence-corrected chi connectivity index (χ3v) is 7.27. The van der Waals surface area contributed by atoms with Crippen molar-refractivity contribution in [1.29, 1.82) is 5.41 Å². The minimum Gasteiger partial charge on any atom is -0.356 e. The summed E-state index contributed by atoms with van der Waals surface area (Å²) in [5.41, 5.74) is 6.15. The topological polar surface area (TPSA) is 132 Å². The van der Waals surface area contributed by atoms with Crippen LogP contribution in [0.2, 0.25) is 0 Å². The first kappa shape index (κ1) is 24.3. The van der Waals surface area contributed by atoms with E-state index in [1.807, 2.05) is 0 Å². The van der Waals surface area contributed by atoms with Crippen LogP contribution in [0.4, 0.5) is 36.4 Å². The van der Waals surface area contributed by atoms with E-state index in [2.05, 4.69) is 30.8 Å². The second-order valence-corrected chi connectivity index (χ2v) is 9.82. The second kappa shape index (κ2) is 9.23. The third-order valence-electron chi connectivity index (χ3n) is 7.27. The molecule has 1 saturated carbocycles. The van der Waals surface area contributed by atoms with Crippen LogP contribution in [0.5, 0.6) is 0 Å². The van der Waals surface area contributed by atoms with Gasteiger partial charge in [-0.3, -0.25) is 4.79 Å². The SMILES string of the molecule is N=Cc1c(Nc2cccc(C(F)(F)F)c2)nc(NC2CNC(=O)C2)nc1N1CCC(C2(N)CC2)CC1. The summed E-state index contributed by atoms with van der Waals surface area (Å²) < 4.78 is 39.8. The molecule has 2 saturated heterocycles. The maximum absolute atomic E-state index is 13.3. The lowest BCUT2D eigenvalue weighted by Crippen LogP contribution is -2.43. The molecule has 3 aliphatic rings. The maximum Gasteiger partial charge on any atom is 0.416 e. The molecular formula is C24H29F3N8O. The summed E-state index contributed by atoms with van der Waals surface area (Å²) in [5.74, 6) is 1.34. The fourth-order valence-corrected chi connectivity index (χ4v) is 5.01. The quantitative estimate of drug-likeness (QED) is 0.367. The first-order valence-corrected chi connectivity index (χ1v) is 12.1. The van der Waals surface area contributed by atoms with Crippen LogP contribution in [-0.4, -0.2) is 53.3 Å². The molecule has 0 spiro atoms. The van der Waals surface area contributed by atoms with Gasteiger partial charge in [0.05, 0.1) is 17.2 Å². The molecule has 3 heterocycles. The Balaban J connectivity index is 1.46. The molecule has 1 aromatic carbocycles. The zero-order chi connectivity index (χ0) is 25.5. The van der Waals surface area contributed by atoms with Gasteiger partial charge in [-0.05, 0) is 49.8 Å². The zero-order valence-corrected chi connectivity index (χ0v) is 19.7. The van der Waals surface area contributed by atoms with Gasteiger partial charge in [-0.1, -0.05) is 6.07 Å². The summed E-state index contributed by atoms with van der Waals surface area (Å²) in [6.07, 6.45) is 0.795. The number of nitrogens with two attached hydrogens (primary N) is 1. The summed E-state index contributed by atoms with van der Waals surface area (Å²) in [4.78, 5) is 22.9. The number of nitrogens with zero attached hydrogens (tertiary/aromatic N) is 3. The Morgan fingerprint density at radius 3 is 2.58 bits per heavy atom. The maximum atomic E-state index is 13.3. The molecule has 1 aliphatic carbocycles. The van der Waals surface area contributed by atoms with Crippen molar-refractivity contribution in [2.75, 3.05) is 35.2 Å². The van der Waals surface area contributed by atoms with Crippen molar-refractivity contribution in [3.63, 3.8) is 0 Å². The highest BCUT2D eigenvalue weighted by Gasteiger charge is 2.46. The molecule has 9 nitrogen and oxygen atoms in total. The second-order valence-electron chi connectivity index (χ2n) is 9.82. The molecule has 6 N–H and O–H groups in total. The molecule has 3 fully saturated rings. The van der Waals surface area contributed by atoms with Crippen LogP contribution in [-0.2, 0) is 11.0 Å². The van der Waals surface area contributed by atoms with Crippen molar-refractivity contribution in [3.05, 3.63) is 35.4 Å². The van der Waals surface area contributed by atoms with Gasteiger partial charge < -0.3 is 32.0 Å². The Morgan fingerprint density at radius 1 is 1.22 bits per heavy atom. The van der Waals surface area contributed by atoms with Crippen molar-refractivity contribution < 1.29 is 18.0 Å². The van der Waals surface area contributed by atoms with E-state index in [-0.39, 0.29) is 41.4 Å². The summed E-state index contributed by atoms with van der Waals surface area (Å²) >= 11 is 0. The van der Waals surface area contributed by atoms with Gasteiger partial charge in [0, 0.05) is 43.5 Å². The number of hydrogen-bond donors (Lipinski definition) is 5. The van der Waals surface area contributed by atoms with E-state index in [0.29, 0.717) is 36.9 Å². The highest BCUT2D eigenvalue weighted by molar-refractivity contribution is 5.93. The number of benzene rings is 1. The summed E-state index contributed by atoms with van der Waals surface area (Å²) in [5, 5.41) is 16.9. The first-order chi connectivity index (χ1) is 17.1. The van der Waals surface area contributed by atoms with Crippen LogP contribution in [0.1, 0.15) is 43.2 Å². The fraction of sp³-hybridized carbons (Fsp3) is 0.500. The van der Waals surface area contributed by atoms with Gasteiger partial charge in [-0.25, -0.2) is 0 Å². The lowest BCUT2D eigenvalue weighted by atomic mass is 9.88. The highest BCUT2D eigenvalue weighted by atomic mass is 19.4. The molecule has 1 unspecified atom stereocenters. The number of amides is 1. The monoisotopic (exact) mass is 502 g/mol. The van der Waals surface area contributed by atoms with Crippen LogP contribution in [0.25, 0.3) is 0 Å². The largest absolute Gasteiger partial charge is 0.416 e. The number of carbonyl (C=O) groups excluding carboxylic acids is 1. The molecule has 192 valence electrons. The van der Waals surface area contributed by atoms with Gasteiger partial charge in [0.25, 0.3) is 0 Å². The van der Waals surface area contributed by atoms with Gasteiger partial charge in [0.1, 0.15) is 11.6 Å². The Hall–Kier alpha value is -3.41. The number of carbonyl (C=O) groups is 1. The predicted molar refractivity (Wildman–Crippen MR) is 131 cm³/mol. The Labute approximate surface area is 206 Å². The minimum atomic E-state index is -4.49. The van der Waals surface area contributed by atoms with E-state index in [4.69, 9.17) is 11.1 Å². The summed E-state index contributed by atoms with van der Waals surface area (Å²) in [6.45, 7) is 1.82. The predicted octanol–water partition coefficient (Wildman–Crippen LogP) is 3.24. The fourth-order valence-electron chi connectivity index (χ4n) is 5.01. The van der Waals surface area contributed by atoms with E-state index in [9.17, 15) is 18.0 Å². The number of piperidine rings is 1. The summed E-state index contributed by atoms with van der Waals surface area (Å²) in [6, 6.07) is 4.62. The molecule has 1 atom stereocenters. The summed E-state index contributed by atoms with van der Waals surface area (Å²) in [7, 11) is 0. The molecule has 0 radical (unpaired) electrons. The standard InChI is InChI=1S/C24H29F3N8O/c25-24(26,27)15-2-1-3-16(10-15)31-20-18(12-28)21(34-22(33-20)32-17-11-19(36)30-13-17)35-8-4-14(5-9-35)23(29)6-7-23/h1-3,10,12,14,17,28H,4-9,11,13,29H2,(H,30,36)(H2,31,32,33,34). The van der Waals surface area contributed by atoms with Crippen molar-refractivity contribution in [2.24, 2.45) is 11.7 Å². The van der Waals surface area contributed by atoms with E-state index in [1.54, 1.807) is 0 Å². The Kier molecular flexibility index (Phi) is 6.23. The smallest absolute Gasteiger partial charge is 0.356 e. The van der Waals surface area contributed by atoms with Crippen LogP contribution in [0, 0.1) is 11.3 Å². The first-order valence-electron chi connectivity index (χ1n) is 12.1. The molecule has 1 amide bonds. The van der Waals surface area contributed by atoms with Gasteiger partial charge in [-0.15, -0.1) is 0 Å². The number of nitrogens with one attached hydrogen (secondary N) is 4. The van der Waals surface area contributed by atoms with Crippen molar-refractivity contribution in [1.82, 2.24) is 15.3 Å². The Morgan fingerprint density at radius 2 is 1.97 bits per heavy atom. The van der Waals surface area contributed by atoms with Crippen LogP contribution in [0.15, 0.2) is 24.3 Å². The Bertz CT molecular complexity index is 1160. The minimum absolute atomic E-state index is 0.0624. The molecule has 12 heteroatoms. The number of halogens is 3. The number of aromatic nitrogens is 2. The molecule has 5 rings (SSSR count). The zero-order valence-electron chi connectivity index (χ0n) is 19.7. The molecule has 1 aromatic heterocycles. The van der Waals surface area contributed by atoms with Crippen LogP contribution >= 0.6 is 0 Å². The van der Waals surface area contributed by atoms with Crippen molar-refractivity contribution >= 4 is 35.4 Å². The van der Waals surface area contributed by atoms with Crippen molar-refractivity contribution in [3.8, 4) is 0 Å². The average Bonchev–Trinajstić information content (AvgIpc) is 3.47. The van der Waals surface area contributed by atoms with E-state index in [0.717, 1.165) is 44.0 Å². The molecule has 2 aromatic rings. The number of alkyl halides is 3. The number of hydrogen-bond acceptors (Lipinski definition) is 8. The van der Waals surface area contributed by atoms with Gasteiger partial charge in [0.15, 0.2) is 0 Å². The molecule has 2 aliphatic heterocycles. The normalized spacial score (nSPS) is 21.7. The molecular weight excluding hydrogens is 473 g/mol. The average molecular weight is 503 g/mol. The van der Waals surface area contributed by atoms with Gasteiger partial charge in [0.2, 0.25) is 11.9 Å². The van der Waals surface area contributed by atoms with Crippen LogP contribution < -0.4 is 26.6 Å². The number of anilines is 4. The third kappa shape index (κ3) is 5.08. The highest BCUT2D eigenvalue weighted by Crippen LogP contribution is 2.45. The van der Waals surface area contributed by atoms with E-state index < -0.39 is 11.7 Å².